The SMILES string of the molecule is Cc1cccc(CCCCF)c1. The van der Waals surface area contributed by atoms with E-state index in [4.69, 9.17) is 0 Å². The summed E-state index contributed by atoms with van der Waals surface area (Å²) in [5.74, 6) is 0. The van der Waals surface area contributed by atoms with Gasteiger partial charge in [-0.3, -0.25) is 4.39 Å². The van der Waals surface area contributed by atoms with E-state index >= 15 is 0 Å². The molecule has 0 saturated carbocycles. The summed E-state index contributed by atoms with van der Waals surface area (Å²) in [6.07, 6.45) is 2.65. The van der Waals surface area contributed by atoms with Crippen LogP contribution < -0.4 is 0 Å². The van der Waals surface area contributed by atoms with E-state index in [2.05, 4.69) is 31.2 Å². The molecule has 0 amide bonds. The van der Waals surface area contributed by atoms with E-state index < -0.39 is 0 Å². The van der Waals surface area contributed by atoms with Gasteiger partial charge in [0.25, 0.3) is 0 Å². The Kier molecular flexibility index (Phi) is 3.78. The van der Waals surface area contributed by atoms with Crippen molar-refractivity contribution < 1.29 is 4.39 Å². The van der Waals surface area contributed by atoms with Crippen LogP contribution in [0.15, 0.2) is 24.3 Å². The summed E-state index contributed by atoms with van der Waals surface area (Å²) in [5.41, 5.74) is 2.61. The summed E-state index contributed by atoms with van der Waals surface area (Å²) in [7, 11) is 0. The van der Waals surface area contributed by atoms with E-state index in [1.165, 1.54) is 11.1 Å². The summed E-state index contributed by atoms with van der Waals surface area (Å²) in [4.78, 5) is 0. The highest BCUT2D eigenvalue weighted by Crippen LogP contribution is 2.07. The fourth-order valence-electron chi connectivity index (χ4n) is 1.29. The summed E-state index contributed by atoms with van der Waals surface area (Å²) in [6, 6.07) is 8.40. The van der Waals surface area contributed by atoms with Crippen molar-refractivity contribution in [2.24, 2.45) is 0 Å². The third kappa shape index (κ3) is 3.04. The second kappa shape index (κ2) is 4.91. The van der Waals surface area contributed by atoms with E-state index in [0.29, 0.717) is 6.42 Å². The summed E-state index contributed by atoms with van der Waals surface area (Å²) in [5, 5.41) is 0. The zero-order chi connectivity index (χ0) is 8.81. The molecule has 0 aliphatic carbocycles. The van der Waals surface area contributed by atoms with Crippen molar-refractivity contribution in [3.63, 3.8) is 0 Å². The maximum absolute atomic E-state index is 11.8. The van der Waals surface area contributed by atoms with E-state index in [1.54, 1.807) is 0 Å². The minimum absolute atomic E-state index is 0.189. The van der Waals surface area contributed by atoms with Crippen LogP contribution in [0.1, 0.15) is 24.0 Å². The Labute approximate surface area is 73.4 Å². The second-order valence-electron chi connectivity index (χ2n) is 3.14. The highest BCUT2D eigenvalue weighted by molar-refractivity contribution is 5.22. The molecule has 0 unspecified atom stereocenters. The lowest BCUT2D eigenvalue weighted by Gasteiger charge is -2.00. The van der Waals surface area contributed by atoms with Gasteiger partial charge in [-0.15, -0.1) is 0 Å². The van der Waals surface area contributed by atoms with Crippen molar-refractivity contribution in [3.8, 4) is 0 Å². The molecular formula is C11H15F. The maximum Gasteiger partial charge on any atom is 0.0894 e. The smallest absolute Gasteiger partial charge is 0.0894 e. The van der Waals surface area contributed by atoms with Gasteiger partial charge in [0.15, 0.2) is 0 Å². The van der Waals surface area contributed by atoms with Gasteiger partial charge in [0.2, 0.25) is 0 Å². The van der Waals surface area contributed by atoms with Gasteiger partial charge in [-0.2, -0.15) is 0 Å². The van der Waals surface area contributed by atoms with E-state index in [0.717, 1.165) is 12.8 Å². The zero-order valence-electron chi connectivity index (χ0n) is 7.52. The van der Waals surface area contributed by atoms with Crippen LogP contribution in [0.2, 0.25) is 0 Å². The number of alkyl halides is 1. The second-order valence-corrected chi connectivity index (χ2v) is 3.14. The number of unbranched alkanes of at least 4 members (excludes halogenated alkanes) is 1. The fraction of sp³-hybridized carbons (Fsp3) is 0.455. The number of halogens is 1. The first-order chi connectivity index (χ1) is 5.83. The minimum atomic E-state index is -0.189. The Hall–Kier alpha value is -0.850. The fourth-order valence-corrected chi connectivity index (χ4v) is 1.29. The standard InChI is InChI=1S/C11H15F/c1-10-5-4-7-11(9-10)6-2-3-8-12/h4-5,7,9H,2-3,6,8H2,1H3. The maximum atomic E-state index is 11.8. The largest absolute Gasteiger partial charge is 0.251 e. The molecule has 0 heterocycles. The van der Waals surface area contributed by atoms with Crippen LogP contribution in [0.25, 0.3) is 0 Å². The van der Waals surface area contributed by atoms with Crippen LogP contribution in [0.4, 0.5) is 4.39 Å². The summed E-state index contributed by atoms with van der Waals surface area (Å²) < 4.78 is 11.8. The average molecular weight is 166 g/mol. The first kappa shape index (κ1) is 9.24. The molecule has 1 aromatic rings. The predicted molar refractivity (Wildman–Crippen MR) is 50.1 cm³/mol. The van der Waals surface area contributed by atoms with Gasteiger partial charge in [-0.25, -0.2) is 0 Å². The Bertz CT molecular complexity index is 230. The third-order valence-electron chi connectivity index (χ3n) is 1.93. The molecule has 1 aromatic carbocycles. The Morgan fingerprint density at radius 2 is 2.08 bits per heavy atom. The molecule has 0 radical (unpaired) electrons. The van der Waals surface area contributed by atoms with Gasteiger partial charge < -0.3 is 0 Å². The third-order valence-corrected chi connectivity index (χ3v) is 1.93. The highest BCUT2D eigenvalue weighted by Gasteiger charge is 1.92. The monoisotopic (exact) mass is 166 g/mol. The molecule has 0 spiro atoms. The van der Waals surface area contributed by atoms with Gasteiger partial charge in [0.1, 0.15) is 0 Å². The van der Waals surface area contributed by atoms with Crippen molar-refractivity contribution in [2.45, 2.75) is 26.2 Å². The molecule has 66 valence electrons. The summed E-state index contributed by atoms with van der Waals surface area (Å²) in [6.45, 7) is 1.89. The van der Waals surface area contributed by atoms with Gasteiger partial charge >= 0.3 is 0 Å². The molecule has 0 fully saturated rings. The molecule has 0 saturated heterocycles. The van der Waals surface area contributed by atoms with Crippen molar-refractivity contribution in [1.29, 1.82) is 0 Å². The van der Waals surface area contributed by atoms with Crippen LogP contribution in [0.5, 0.6) is 0 Å². The molecule has 0 atom stereocenters. The van der Waals surface area contributed by atoms with Crippen LogP contribution >= 0.6 is 0 Å². The summed E-state index contributed by atoms with van der Waals surface area (Å²) >= 11 is 0. The number of hydrogen-bond acceptors (Lipinski definition) is 0. The minimum Gasteiger partial charge on any atom is -0.251 e. The molecule has 1 rings (SSSR count). The van der Waals surface area contributed by atoms with Gasteiger partial charge in [0, 0.05) is 0 Å². The van der Waals surface area contributed by atoms with Crippen molar-refractivity contribution >= 4 is 0 Å². The van der Waals surface area contributed by atoms with E-state index in [9.17, 15) is 4.39 Å². The Balaban J connectivity index is 2.41. The van der Waals surface area contributed by atoms with Crippen LogP contribution in [0.3, 0.4) is 0 Å². The van der Waals surface area contributed by atoms with E-state index in [1.807, 2.05) is 0 Å². The van der Waals surface area contributed by atoms with Crippen LogP contribution in [0, 0.1) is 6.92 Å². The first-order valence-corrected chi connectivity index (χ1v) is 4.44. The number of benzene rings is 1. The number of hydrogen-bond donors (Lipinski definition) is 0. The van der Waals surface area contributed by atoms with E-state index in [-0.39, 0.29) is 6.67 Å². The predicted octanol–water partition coefficient (Wildman–Crippen LogP) is 3.29. The molecule has 0 aliphatic rings. The normalized spacial score (nSPS) is 10.2. The van der Waals surface area contributed by atoms with Gasteiger partial charge in [0.05, 0.1) is 6.67 Å². The first-order valence-electron chi connectivity index (χ1n) is 4.44. The Morgan fingerprint density at radius 3 is 2.75 bits per heavy atom. The number of aryl methyl sites for hydroxylation is 2. The molecular weight excluding hydrogens is 151 g/mol. The lowest BCUT2D eigenvalue weighted by molar-refractivity contribution is 0.462. The highest BCUT2D eigenvalue weighted by atomic mass is 19.1. The average Bonchev–Trinajstić information content (AvgIpc) is 2.05. The number of rotatable bonds is 4. The molecule has 0 bridgehead atoms. The topological polar surface area (TPSA) is 0 Å². The van der Waals surface area contributed by atoms with Crippen LogP contribution in [-0.2, 0) is 6.42 Å². The lowest BCUT2D eigenvalue weighted by atomic mass is 10.1. The molecule has 1 heteroatoms. The van der Waals surface area contributed by atoms with Gasteiger partial charge in [-0.1, -0.05) is 29.8 Å². The molecule has 0 nitrogen and oxygen atoms in total. The van der Waals surface area contributed by atoms with Gasteiger partial charge in [-0.05, 0) is 31.7 Å². The van der Waals surface area contributed by atoms with Crippen LogP contribution in [-0.4, -0.2) is 6.67 Å². The molecule has 0 aliphatic heterocycles. The zero-order valence-corrected chi connectivity index (χ0v) is 7.52. The molecule has 0 aromatic heterocycles. The van der Waals surface area contributed by atoms with Crippen molar-refractivity contribution in [1.82, 2.24) is 0 Å². The molecule has 12 heavy (non-hydrogen) atoms. The lowest BCUT2D eigenvalue weighted by Crippen LogP contribution is -1.86. The quantitative estimate of drug-likeness (QED) is 0.602. The Morgan fingerprint density at radius 1 is 1.25 bits per heavy atom. The molecule has 0 N–H and O–H groups in total. The van der Waals surface area contributed by atoms with Crippen molar-refractivity contribution in [2.75, 3.05) is 6.67 Å². The van der Waals surface area contributed by atoms with Crippen molar-refractivity contribution in [3.05, 3.63) is 35.4 Å².